The lowest BCUT2D eigenvalue weighted by Gasteiger charge is -2.10. The van der Waals surface area contributed by atoms with Gasteiger partial charge in [0.05, 0.1) is 4.92 Å². The van der Waals surface area contributed by atoms with E-state index < -0.39 is 28.3 Å². The molecule has 0 spiro atoms. The number of halogens is 3. The number of carbonyl (C=O) groups excluding carboxylic acids is 1. The quantitative estimate of drug-likeness (QED) is 0.523. The van der Waals surface area contributed by atoms with Crippen molar-refractivity contribution in [3.63, 3.8) is 0 Å². The van der Waals surface area contributed by atoms with E-state index in [-0.39, 0.29) is 11.3 Å². The second-order valence-electron chi connectivity index (χ2n) is 3.72. The van der Waals surface area contributed by atoms with Gasteiger partial charge in [-0.2, -0.15) is 13.2 Å². The van der Waals surface area contributed by atoms with Gasteiger partial charge in [-0.3, -0.25) is 14.9 Å². The van der Waals surface area contributed by atoms with Gasteiger partial charge in [0, 0.05) is 17.3 Å². The lowest BCUT2D eigenvalue weighted by Crippen LogP contribution is -2.14. The smallest absolute Gasteiger partial charge is 0.322 e. The summed E-state index contributed by atoms with van der Waals surface area (Å²) >= 11 is 0. The molecule has 0 heterocycles. The second kappa shape index (κ2) is 5.09. The van der Waals surface area contributed by atoms with E-state index in [0.717, 1.165) is 6.07 Å². The van der Waals surface area contributed by atoms with E-state index in [4.69, 9.17) is 0 Å². The molecule has 1 amide bonds. The fourth-order valence-corrected chi connectivity index (χ4v) is 1.24. The standard InChI is InChI=1S/C11H9F3N2O3/c1-6(2)10(17)15-7-3-4-9(16(18)19)8(5-7)11(12,13)14/h3-5H,1H2,2H3,(H,15,17). The number of nitrogens with zero attached hydrogens (tertiary/aromatic N) is 1. The number of rotatable bonds is 3. The van der Waals surface area contributed by atoms with Gasteiger partial charge in [-0.25, -0.2) is 0 Å². The van der Waals surface area contributed by atoms with Crippen molar-refractivity contribution in [2.45, 2.75) is 13.1 Å². The summed E-state index contributed by atoms with van der Waals surface area (Å²) in [4.78, 5) is 20.6. The molecule has 1 aromatic carbocycles. The van der Waals surface area contributed by atoms with E-state index in [9.17, 15) is 28.1 Å². The number of nitro groups is 1. The van der Waals surface area contributed by atoms with Gasteiger partial charge >= 0.3 is 6.18 Å². The number of amides is 1. The molecule has 0 fully saturated rings. The van der Waals surface area contributed by atoms with Crippen LogP contribution in [-0.2, 0) is 11.0 Å². The van der Waals surface area contributed by atoms with Crippen LogP contribution in [-0.4, -0.2) is 10.8 Å². The Morgan fingerprint density at radius 3 is 2.42 bits per heavy atom. The van der Waals surface area contributed by atoms with Crippen molar-refractivity contribution in [3.8, 4) is 0 Å². The van der Waals surface area contributed by atoms with Gasteiger partial charge in [-0.05, 0) is 19.1 Å². The van der Waals surface area contributed by atoms with Gasteiger partial charge in [0.2, 0.25) is 0 Å². The lowest BCUT2D eigenvalue weighted by atomic mass is 10.1. The van der Waals surface area contributed by atoms with Crippen molar-refractivity contribution in [1.29, 1.82) is 0 Å². The first-order chi connectivity index (χ1) is 8.62. The van der Waals surface area contributed by atoms with Crippen LogP contribution in [0.2, 0.25) is 0 Å². The van der Waals surface area contributed by atoms with E-state index in [2.05, 4.69) is 11.9 Å². The van der Waals surface area contributed by atoms with E-state index in [1.807, 2.05) is 0 Å². The van der Waals surface area contributed by atoms with Gasteiger partial charge in [-0.15, -0.1) is 0 Å². The second-order valence-corrected chi connectivity index (χ2v) is 3.72. The number of hydrogen-bond acceptors (Lipinski definition) is 3. The third-order valence-electron chi connectivity index (χ3n) is 2.14. The maximum Gasteiger partial charge on any atom is 0.423 e. The SMILES string of the molecule is C=C(C)C(=O)Nc1ccc([N+](=O)[O-])c(C(F)(F)F)c1. The zero-order chi connectivity index (χ0) is 14.8. The average Bonchev–Trinajstić information content (AvgIpc) is 2.27. The van der Waals surface area contributed by atoms with Crippen LogP contribution < -0.4 is 5.32 Å². The highest BCUT2D eigenvalue weighted by molar-refractivity contribution is 6.02. The Bertz CT molecular complexity index is 553. The van der Waals surface area contributed by atoms with Crippen molar-refractivity contribution >= 4 is 17.3 Å². The Labute approximate surface area is 105 Å². The summed E-state index contributed by atoms with van der Waals surface area (Å²) in [5.41, 5.74) is -2.57. The van der Waals surface area contributed by atoms with E-state index in [1.165, 1.54) is 6.92 Å². The number of hydrogen-bond donors (Lipinski definition) is 1. The zero-order valence-electron chi connectivity index (χ0n) is 9.75. The number of nitro benzene ring substituents is 1. The minimum atomic E-state index is -4.88. The molecule has 0 saturated carbocycles. The van der Waals surface area contributed by atoms with Crippen LogP contribution in [0.1, 0.15) is 12.5 Å². The van der Waals surface area contributed by atoms with Gasteiger partial charge < -0.3 is 5.32 Å². The monoisotopic (exact) mass is 274 g/mol. The molecule has 5 nitrogen and oxygen atoms in total. The molecule has 0 radical (unpaired) electrons. The maximum atomic E-state index is 12.7. The number of benzene rings is 1. The van der Waals surface area contributed by atoms with Crippen LogP contribution in [0.5, 0.6) is 0 Å². The fourth-order valence-electron chi connectivity index (χ4n) is 1.24. The molecule has 1 rings (SSSR count). The predicted molar refractivity (Wildman–Crippen MR) is 61.5 cm³/mol. The Hall–Kier alpha value is -2.38. The largest absolute Gasteiger partial charge is 0.423 e. The average molecular weight is 274 g/mol. The van der Waals surface area contributed by atoms with Gasteiger partial charge in [0.25, 0.3) is 11.6 Å². The maximum absolute atomic E-state index is 12.7. The van der Waals surface area contributed by atoms with Gasteiger partial charge in [0.15, 0.2) is 0 Å². The van der Waals surface area contributed by atoms with Gasteiger partial charge in [0.1, 0.15) is 5.56 Å². The third-order valence-corrected chi connectivity index (χ3v) is 2.14. The highest BCUT2D eigenvalue weighted by atomic mass is 19.4. The van der Waals surface area contributed by atoms with Gasteiger partial charge in [-0.1, -0.05) is 6.58 Å². The first kappa shape index (κ1) is 14.7. The molecule has 102 valence electrons. The number of anilines is 1. The molecule has 0 aromatic heterocycles. The lowest BCUT2D eigenvalue weighted by molar-refractivity contribution is -0.388. The van der Waals surface area contributed by atoms with Crippen molar-refractivity contribution in [1.82, 2.24) is 0 Å². The molecule has 0 aliphatic carbocycles. The van der Waals surface area contributed by atoms with E-state index in [1.54, 1.807) is 0 Å². The van der Waals surface area contributed by atoms with Crippen LogP contribution in [0.4, 0.5) is 24.5 Å². The molecule has 1 aromatic rings. The summed E-state index contributed by atoms with van der Waals surface area (Å²) in [5, 5.41) is 12.7. The summed E-state index contributed by atoms with van der Waals surface area (Å²) in [6.07, 6.45) is -4.88. The molecule has 8 heteroatoms. The topological polar surface area (TPSA) is 72.2 Å². The van der Waals surface area contributed by atoms with Crippen molar-refractivity contribution in [2.75, 3.05) is 5.32 Å². The molecular weight excluding hydrogens is 265 g/mol. The van der Waals surface area contributed by atoms with Crippen LogP contribution in [0.3, 0.4) is 0 Å². The molecule has 0 bridgehead atoms. The molecule has 0 aliphatic heterocycles. The normalized spacial score (nSPS) is 10.9. The first-order valence-corrected chi connectivity index (χ1v) is 4.95. The molecular formula is C11H9F3N2O3. The molecule has 0 aliphatic rings. The number of alkyl halides is 3. The fraction of sp³-hybridized carbons (Fsp3) is 0.182. The Morgan fingerprint density at radius 2 is 2.00 bits per heavy atom. The third kappa shape index (κ3) is 3.54. The van der Waals surface area contributed by atoms with Crippen LogP contribution in [0.15, 0.2) is 30.4 Å². The number of carbonyl (C=O) groups is 1. The highest BCUT2D eigenvalue weighted by Gasteiger charge is 2.38. The predicted octanol–water partition coefficient (Wildman–Crippen LogP) is 3.13. The van der Waals surface area contributed by atoms with Crippen molar-refractivity contribution < 1.29 is 22.9 Å². The summed E-state index contributed by atoms with van der Waals surface area (Å²) in [5.74, 6) is -0.665. The highest BCUT2D eigenvalue weighted by Crippen LogP contribution is 2.37. The van der Waals surface area contributed by atoms with Crippen molar-refractivity contribution in [2.24, 2.45) is 0 Å². The molecule has 0 atom stereocenters. The Kier molecular flexibility index (Phi) is 3.93. The molecule has 1 N–H and O–H groups in total. The summed E-state index contributed by atoms with van der Waals surface area (Å²) in [7, 11) is 0. The van der Waals surface area contributed by atoms with Crippen LogP contribution >= 0.6 is 0 Å². The Morgan fingerprint density at radius 1 is 1.42 bits per heavy atom. The summed E-state index contributed by atoms with van der Waals surface area (Å²) in [6.45, 7) is 4.71. The minimum Gasteiger partial charge on any atom is -0.322 e. The van der Waals surface area contributed by atoms with Crippen LogP contribution in [0, 0.1) is 10.1 Å². The first-order valence-electron chi connectivity index (χ1n) is 4.95. The Balaban J connectivity index is 3.23. The van der Waals surface area contributed by atoms with Crippen LogP contribution in [0.25, 0.3) is 0 Å². The molecule has 19 heavy (non-hydrogen) atoms. The molecule has 0 unspecified atom stereocenters. The van der Waals surface area contributed by atoms with Crippen molar-refractivity contribution in [3.05, 3.63) is 46.0 Å². The zero-order valence-corrected chi connectivity index (χ0v) is 9.75. The number of nitrogens with one attached hydrogen (secondary N) is 1. The van der Waals surface area contributed by atoms with E-state index in [0.29, 0.717) is 12.1 Å². The summed E-state index contributed by atoms with van der Waals surface area (Å²) < 4.78 is 38.0. The summed E-state index contributed by atoms with van der Waals surface area (Å²) in [6, 6.07) is 2.23. The minimum absolute atomic E-state index is 0.104. The van der Waals surface area contributed by atoms with E-state index >= 15 is 0 Å². The molecule has 0 saturated heterocycles.